The number of benzene rings is 1. The largest absolute Gasteiger partial charge is 0.458 e. The zero-order chi connectivity index (χ0) is 14.5. The van der Waals surface area contributed by atoms with Gasteiger partial charge in [0.15, 0.2) is 5.11 Å². The lowest BCUT2D eigenvalue weighted by atomic mass is 9.96. The lowest BCUT2D eigenvalue weighted by Crippen LogP contribution is -2.45. The Morgan fingerprint density at radius 3 is 2.80 bits per heavy atom. The molecule has 0 fully saturated rings. The summed E-state index contributed by atoms with van der Waals surface area (Å²) in [5.74, 6) is -0.376. The summed E-state index contributed by atoms with van der Waals surface area (Å²) in [6.45, 7) is 5.54. The van der Waals surface area contributed by atoms with Crippen molar-refractivity contribution in [3.05, 3.63) is 59.8 Å². The zero-order valence-corrected chi connectivity index (χ0v) is 12.0. The van der Waals surface area contributed by atoms with Crippen molar-refractivity contribution in [3.8, 4) is 0 Å². The van der Waals surface area contributed by atoms with Crippen LogP contribution in [-0.4, -0.2) is 17.7 Å². The van der Waals surface area contributed by atoms with Crippen LogP contribution in [0.5, 0.6) is 0 Å². The van der Waals surface area contributed by atoms with Crippen LogP contribution in [0.2, 0.25) is 0 Å². The fourth-order valence-corrected chi connectivity index (χ4v) is 2.34. The highest BCUT2D eigenvalue weighted by Gasteiger charge is 2.30. The van der Waals surface area contributed by atoms with Crippen molar-refractivity contribution in [2.45, 2.75) is 13.0 Å². The van der Waals surface area contributed by atoms with Gasteiger partial charge in [-0.05, 0) is 24.7 Å². The first-order valence-corrected chi connectivity index (χ1v) is 6.65. The highest BCUT2D eigenvalue weighted by molar-refractivity contribution is 7.80. The molecule has 5 heteroatoms. The van der Waals surface area contributed by atoms with Crippen LogP contribution in [0.25, 0.3) is 0 Å². The van der Waals surface area contributed by atoms with Gasteiger partial charge in [-0.25, -0.2) is 4.79 Å². The molecule has 1 aromatic carbocycles. The van der Waals surface area contributed by atoms with E-state index in [1.165, 1.54) is 0 Å². The molecular weight excluding hydrogens is 272 g/mol. The van der Waals surface area contributed by atoms with Gasteiger partial charge in [0.1, 0.15) is 6.61 Å². The molecule has 0 spiro atoms. The molecule has 20 heavy (non-hydrogen) atoms. The molecule has 0 radical (unpaired) electrons. The van der Waals surface area contributed by atoms with Gasteiger partial charge in [-0.1, -0.05) is 43.0 Å². The van der Waals surface area contributed by atoms with Gasteiger partial charge in [0.05, 0.1) is 11.6 Å². The van der Waals surface area contributed by atoms with Crippen LogP contribution in [0.3, 0.4) is 0 Å². The third-order valence-electron chi connectivity index (χ3n) is 2.95. The number of carbonyl (C=O) groups excluding carboxylic acids is 1. The standard InChI is InChI=1S/C15H16N2O2S/c1-3-9-19-14(18)12-10(2)16-15(20)17-13(12)11-7-5-4-6-8-11/h3-8,13H,1,9H2,2H3,(H2,16,17,20). The van der Waals surface area contributed by atoms with Crippen LogP contribution < -0.4 is 10.6 Å². The summed E-state index contributed by atoms with van der Waals surface area (Å²) in [5, 5.41) is 6.56. The number of hydrogen-bond acceptors (Lipinski definition) is 3. The van der Waals surface area contributed by atoms with E-state index in [4.69, 9.17) is 17.0 Å². The maximum absolute atomic E-state index is 12.2. The molecule has 1 unspecified atom stereocenters. The van der Waals surface area contributed by atoms with E-state index in [9.17, 15) is 4.79 Å². The fraction of sp³-hybridized carbons (Fsp3) is 0.200. The van der Waals surface area contributed by atoms with Crippen molar-refractivity contribution >= 4 is 23.3 Å². The van der Waals surface area contributed by atoms with Crippen LogP contribution in [-0.2, 0) is 9.53 Å². The molecule has 0 bridgehead atoms. The normalized spacial score (nSPS) is 18.1. The number of rotatable bonds is 4. The van der Waals surface area contributed by atoms with Gasteiger partial charge in [-0.2, -0.15) is 0 Å². The van der Waals surface area contributed by atoms with E-state index in [0.717, 1.165) is 5.56 Å². The van der Waals surface area contributed by atoms with Gasteiger partial charge < -0.3 is 15.4 Å². The molecule has 1 aliphatic heterocycles. The Hall–Kier alpha value is -2.14. The van der Waals surface area contributed by atoms with Crippen LogP contribution in [0.4, 0.5) is 0 Å². The first-order chi connectivity index (χ1) is 9.63. The molecule has 1 heterocycles. The van der Waals surface area contributed by atoms with E-state index in [1.807, 2.05) is 37.3 Å². The highest BCUT2D eigenvalue weighted by Crippen LogP contribution is 2.27. The average Bonchev–Trinajstić information content (AvgIpc) is 2.45. The zero-order valence-electron chi connectivity index (χ0n) is 11.2. The molecule has 0 saturated carbocycles. The number of esters is 1. The maximum Gasteiger partial charge on any atom is 0.338 e. The van der Waals surface area contributed by atoms with Crippen molar-refractivity contribution in [1.29, 1.82) is 0 Å². The second kappa shape index (κ2) is 6.34. The van der Waals surface area contributed by atoms with Gasteiger partial charge in [-0.3, -0.25) is 0 Å². The predicted molar refractivity (Wildman–Crippen MR) is 81.9 cm³/mol. The maximum atomic E-state index is 12.2. The van der Waals surface area contributed by atoms with Gasteiger partial charge in [0.2, 0.25) is 0 Å². The Bertz CT molecular complexity index is 566. The van der Waals surface area contributed by atoms with E-state index in [1.54, 1.807) is 6.08 Å². The minimum Gasteiger partial charge on any atom is -0.458 e. The quantitative estimate of drug-likeness (QED) is 0.505. The minimum absolute atomic E-state index is 0.182. The van der Waals surface area contributed by atoms with Crippen molar-refractivity contribution < 1.29 is 9.53 Å². The van der Waals surface area contributed by atoms with E-state index >= 15 is 0 Å². The van der Waals surface area contributed by atoms with Crippen LogP contribution in [0.1, 0.15) is 18.5 Å². The molecule has 0 aliphatic carbocycles. The Kier molecular flexibility index (Phi) is 4.53. The van der Waals surface area contributed by atoms with Gasteiger partial charge in [0, 0.05) is 5.70 Å². The molecule has 4 nitrogen and oxygen atoms in total. The topological polar surface area (TPSA) is 50.4 Å². The number of nitrogens with one attached hydrogen (secondary N) is 2. The van der Waals surface area contributed by atoms with E-state index in [-0.39, 0.29) is 18.6 Å². The van der Waals surface area contributed by atoms with Crippen molar-refractivity contribution in [2.75, 3.05) is 6.61 Å². The molecule has 1 aromatic rings. The number of thiocarbonyl (C=S) groups is 1. The molecule has 1 atom stereocenters. The fourth-order valence-electron chi connectivity index (χ4n) is 2.07. The van der Waals surface area contributed by atoms with Gasteiger partial charge in [0.25, 0.3) is 0 Å². The SMILES string of the molecule is C=CCOC(=O)C1=C(C)NC(=S)NC1c1ccccc1. The van der Waals surface area contributed by atoms with Crippen molar-refractivity contribution in [3.63, 3.8) is 0 Å². The Morgan fingerprint density at radius 2 is 2.15 bits per heavy atom. The lowest BCUT2D eigenvalue weighted by molar-refractivity contribution is -0.138. The number of ether oxygens (including phenoxy) is 1. The molecule has 2 N–H and O–H groups in total. The summed E-state index contributed by atoms with van der Waals surface area (Å²) in [5.41, 5.74) is 2.20. The molecule has 0 amide bonds. The summed E-state index contributed by atoms with van der Waals surface area (Å²) in [4.78, 5) is 12.2. The summed E-state index contributed by atoms with van der Waals surface area (Å²) < 4.78 is 5.15. The summed E-state index contributed by atoms with van der Waals surface area (Å²) in [6.07, 6.45) is 1.54. The van der Waals surface area contributed by atoms with Crippen molar-refractivity contribution in [2.24, 2.45) is 0 Å². The van der Waals surface area contributed by atoms with Crippen LogP contribution in [0, 0.1) is 0 Å². The van der Waals surface area contributed by atoms with Crippen LogP contribution in [0.15, 0.2) is 54.3 Å². The van der Waals surface area contributed by atoms with Crippen molar-refractivity contribution in [1.82, 2.24) is 10.6 Å². The molecule has 0 saturated heterocycles. The van der Waals surface area contributed by atoms with Gasteiger partial charge >= 0.3 is 5.97 Å². The first kappa shape index (κ1) is 14.3. The van der Waals surface area contributed by atoms with E-state index in [2.05, 4.69) is 17.2 Å². The second-order valence-electron chi connectivity index (χ2n) is 4.37. The number of hydrogen-bond donors (Lipinski definition) is 2. The minimum atomic E-state index is -0.376. The predicted octanol–water partition coefficient (Wildman–Crippen LogP) is 2.21. The number of allylic oxidation sites excluding steroid dienone is 1. The average molecular weight is 288 g/mol. The molecule has 1 aliphatic rings. The van der Waals surface area contributed by atoms with E-state index < -0.39 is 0 Å². The van der Waals surface area contributed by atoms with E-state index in [0.29, 0.717) is 16.4 Å². The lowest BCUT2D eigenvalue weighted by Gasteiger charge is -2.29. The Balaban J connectivity index is 2.36. The molecule has 2 rings (SSSR count). The third kappa shape index (κ3) is 3.05. The summed E-state index contributed by atoms with van der Waals surface area (Å²) >= 11 is 5.16. The monoisotopic (exact) mass is 288 g/mol. The first-order valence-electron chi connectivity index (χ1n) is 6.24. The highest BCUT2D eigenvalue weighted by atomic mass is 32.1. The Labute approximate surface area is 123 Å². The molecular formula is C15H16N2O2S. The third-order valence-corrected chi connectivity index (χ3v) is 3.17. The summed E-state index contributed by atoms with van der Waals surface area (Å²) in [6, 6.07) is 9.35. The smallest absolute Gasteiger partial charge is 0.338 e. The van der Waals surface area contributed by atoms with Crippen LogP contribution >= 0.6 is 12.2 Å². The number of carbonyl (C=O) groups is 1. The summed E-state index contributed by atoms with van der Waals surface area (Å²) in [7, 11) is 0. The van der Waals surface area contributed by atoms with Gasteiger partial charge in [-0.15, -0.1) is 0 Å². The molecule has 104 valence electrons. The second-order valence-corrected chi connectivity index (χ2v) is 4.78. The Morgan fingerprint density at radius 1 is 1.45 bits per heavy atom. The molecule has 0 aromatic heterocycles.